The summed E-state index contributed by atoms with van der Waals surface area (Å²) in [6.45, 7) is 0.198. The predicted octanol–water partition coefficient (Wildman–Crippen LogP) is 4.16. The monoisotopic (exact) mass is 413 g/mol. The molecule has 0 spiro atoms. The number of aliphatic hydroxyl groups is 1. The van der Waals surface area contributed by atoms with Crippen LogP contribution in [0, 0.1) is 0 Å². The van der Waals surface area contributed by atoms with E-state index in [1.807, 2.05) is 29.0 Å². The van der Waals surface area contributed by atoms with E-state index in [0.29, 0.717) is 10.6 Å². The topological polar surface area (TPSA) is 66.4 Å². The third-order valence-electron chi connectivity index (χ3n) is 3.52. The predicted molar refractivity (Wildman–Crippen MR) is 104 cm³/mol. The largest absolute Gasteiger partial charge is 0.383 e. The number of sulfonamides is 1. The second-order valence-electron chi connectivity index (χ2n) is 5.47. The van der Waals surface area contributed by atoms with Gasteiger partial charge in [0.15, 0.2) is 0 Å². The molecule has 0 amide bonds. The Morgan fingerprint density at radius 2 is 2.04 bits per heavy atom. The molecular weight excluding hydrogens is 398 g/mol. The molecule has 0 bridgehead atoms. The van der Waals surface area contributed by atoms with Crippen LogP contribution in [0.4, 0.5) is 0 Å². The summed E-state index contributed by atoms with van der Waals surface area (Å²) in [5.74, 6) is -0.122. The summed E-state index contributed by atoms with van der Waals surface area (Å²) in [7, 11) is -3.47. The quantitative estimate of drug-likeness (QED) is 0.611. The number of thiophene rings is 2. The van der Waals surface area contributed by atoms with Crippen molar-refractivity contribution >= 4 is 44.3 Å². The van der Waals surface area contributed by atoms with Gasteiger partial charge in [-0.2, -0.15) is 11.3 Å². The van der Waals surface area contributed by atoms with Gasteiger partial charge >= 0.3 is 0 Å². The SMILES string of the molecule is O=S(=O)(Cc1cccc(Cl)c1)NCc1ccc(C(O)c2ccsc2)s1. The molecule has 25 heavy (non-hydrogen) atoms. The van der Waals surface area contributed by atoms with Gasteiger partial charge in [0.05, 0.1) is 5.75 Å². The van der Waals surface area contributed by atoms with Crippen LogP contribution in [0.25, 0.3) is 0 Å². The maximum absolute atomic E-state index is 12.2. The van der Waals surface area contributed by atoms with Crippen molar-refractivity contribution in [3.05, 3.63) is 79.1 Å². The van der Waals surface area contributed by atoms with E-state index in [2.05, 4.69) is 4.72 Å². The molecule has 0 fully saturated rings. The van der Waals surface area contributed by atoms with Gasteiger partial charge in [0.1, 0.15) is 6.10 Å². The minimum Gasteiger partial charge on any atom is -0.383 e. The van der Waals surface area contributed by atoms with Crippen molar-refractivity contribution in [3.8, 4) is 0 Å². The van der Waals surface area contributed by atoms with E-state index in [1.54, 1.807) is 24.3 Å². The molecule has 0 aliphatic heterocycles. The number of benzene rings is 1. The fourth-order valence-electron chi connectivity index (χ4n) is 2.31. The summed E-state index contributed by atoms with van der Waals surface area (Å²) in [6, 6.07) is 12.3. The smallest absolute Gasteiger partial charge is 0.216 e. The van der Waals surface area contributed by atoms with Gasteiger partial charge in [0.25, 0.3) is 0 Å². The van der Waals surface area contributed by atoms with Gasteiger partial charge in [-0.1, -0.05) is 23.7 Å². The lowest BCUT2D eigenvalue weighted by Crippen LogP contribution is -2.24. The molecule has 4 nitrogen and oxygen atoms in total. The Kier molecular flexibility index (Phi) is 5.93. The van der Waals surface area contributed by atoms with Gasteiger partial charge in [0.2, 0.25) is 10.0 Å². The molecule has 2 aromatic heterocycles. The van der Waals surface area contributed by atoms with Gasteiger partial charge in [-0.05, 0) is 52.2 Å². The van der Waals surface area contributed by atoms with Gasteiger partial charge in [-0.3, -0.25) is 0 Å². The number of halogens is 1. The third kappa shape index (κ3) is 5.13. The zero-order chi connectivity index (χ0) is 17.9. The second-order valence-corrected chi connectivity index (χ2v) is 9.70. The van der Waals surface area contributed by atoms with Gasteiger partial charge in [0, 0.05) is 21.3 Å². The fourth-order valence-corrected chi connectivity index (χ4v) is 5.36. The second kappa shape index (κ2) is 7.99. The summed E-state index contributed by atoms with van der Waals surface area (Å²) < 4.78 is 27.0. The first-order valence-corrected chi connectivity index (χ1v) is 11.2. The van der Waals surface area contributed by atoms with Crippen molar-refractivity contribution < 1.29 is 13.5 Å². The lowest BCUT2D eigenvalue weighted by atomic mass is 10.2. The minimum absolute atomic E-state index is 0.122. The first-order valence-electron chi connectivity index (χ1n) is 7.43. The van der Waals surface area contributed by atoms with E-state index in [0.717, 1.165) is 15.3 Å². The van der Waals surface area contributed by atoms with Gasteiger partial charge in [-0.25, -0.2) is 13.1 Å². The van der Waals surface area contributed by atoms with Gasteiger partial charge in [-0.15, -0.1) is 11.3 Å². The molecule has 8 heteroatoms. The van der Waals surface area contributed by atoms with E-state index >= 15 is 0 Å². The van der Waals surface area contributed by atoms with Crippen LogP contribution >= 0.6 is 34.3 Å². The zero-order valence-corrected chi connectivity index (χ0v) is 16.3. The Morgan fingerprint density at radius 3 is 2.76 bits per heavy atom. The number of nitrogens with one attached hydrogen (secondary N) is 1. The Balaban J connectivity index is 1.61. The van der Waals surface area contributed by atoms with Crippen LogP contribution in [0.2, 0.25) is 5.02 Å². The number of hydrogen-bond acceptors (Lipinski definition) is 5. The highest BCUT2D eigenvalue weighted by molar-refractivity contribution is 7.88. The standard InChI is InChI=1S/C17H16ClNO3S3/c18-14-3-1-2-12(8-14)11-25(21,22)19-9-15-4-5-16(24-15)17(20)13-6-7-23-10-13/h1-8,10,17,19-20H,9,11H2. The highest BCUT2D eigenvalue weighted by Gasteiger charge is 2.15. The van der Waals surface area contributed by atoms with Crippen LogP contribution in [0.15, 0.2) is 53.2 Å². The molecule has 0 radical (unpaired) electrons. The van der Waals surface area contributed by atoms with Crippen LogP contribution < -0.4 is 4.72 Å². The Labute approximate surface area is 159 Å². The van der Waals surface area contributed by atoms with Crippen molar-refractivity contribution in [2.75, 3.05) is 0 Å². The zero-order valence-electron chi connectivity index (χ0n) is 13.1. The summed E-state index contributed by atoms with van der Waals surface area (Å²) in [4.78, 5) is 1.64. The summed E-state index contributed by atoms with van der Waals surface area (Å²) in [6.07, 6.45) is -0.673. The normalized spacial score (nSPS) is 13.0. The van der Waals surface area contributed by atoms with Crippen molar-refractivity contribution in [1.82, 2.24) is 4.72 Å². The van der Waals surface area contributed by atoms with E-state index < -0.39 is 16.1 Å². The van der Waals surface area contributed by atoms with Crippen LogP contribution in [0.3, 0.4) is 0 Å². The maximum atomic E-state index is 12.2. The summed E-state index contributed by atoms with van der Waals surface area (Å²) in [5.41, 5.74) is 1.49. The molecule has 0 aliphatic carbocycles. The first kappa shape index (κ1) is 18.6. The Morgan fingerprint density at radius 1 is 1.20 bits per heavy atom. The van der Waals surface area contributed by atoms with Crippen molar-refractivity contribution in [2.45, 2.75) is 18.4 Å². The number of hydrogen-bond donors (Lipinski definition) is 2. The maximum Gasteiger partial charge on any atom is 0.216 e. The molecule has 1 unspecified atom stereocenters. The van der Waals surface area contributed by atoms with Crippen LogP contribution in [-0.4, -0.2) is 13.5 Å². The molecule has 0 saturated heterocycles. The van der Waals surface area contributed by atoms with Crippen LogP contribution in [0.1, 0.15) is 27.0 Å². The molecule has 2 N–H and O–H groups in total. The van der Waals surface area contributed by atoms with Crippen molar-refractivity contribution in [3.63, 3.8) is 0 Å². The lowest BCUT2D eigenvalue weighted by Gasteiger charge is -2.07. The van der Waals surface area contributed by atoms with E-state index in [9.17, 15) is 13.5 Å². The molecule has 3 aromatic rings. The summed E-state index contributed by atoms with van der Waals surface area (Å²) in [5, 5.41) is 14.6. The fraction of sp³-hybridized carbons (Fsp3) is 0.176. The third-order valence-corrected chi connectivity index (χ3v) is 6.89. The minimum atomic E-state index is -3.47. The molecule has 0 saturated carbocycles. The van der Waals surface area contributed by atoms with Crippen molar-refractivity contribution in [1.29, 1.82) is 0 Å². The molecule has 1 atom stereocenters. The first-order chi connectivity index (χ1) is 11.9. The Hall–Kier alpha value is -1.22. The van der Waals surface area contributed by atoms with Crippen molar-refractivity contribution in [2.24, 2.45) is 0 Å². The molecule has 132 valence electrons. The highest BCUT2D eigenvalue weighted by Crippen LogP contribution is 2.29. The molecule has 0 aliphatic rings. The van der Waals surface area contributed by atoms with Gasteiger partial charge < -0.3 is 5.11 Å². The van der Waals surface area contributed by atoms with Crippen LogP contribution in [-0.2, 0) is 22.3 Å². The van der Waals surface area contributed by atoms with E-state index in [1.165, 1.54) is 22.7 Å². The summed E-state index contributed by atoms with van der Waals surface area (Å²) >= 11 is 8.81. The molecular formula is C17H16ClNO3S3. The highest BCUT2D eigenvalue weighted by atomic mass is 35.5. The number of rotatable bonds is 7. The number of aliphatic hydroxyl groups excluding tert-OH is 1. The van der Waals surface area contributed by atoms with Crippen LogP contribution in [0.5, 0.6) is 0 Å². The van der Waals surface area contributed by atoms with E-state index in [-0.39, 0.29) is 12.3 Å². The average Bonchev–Trinajstić information content (AvgIpc) is 3.24. The molecule has 3 rings (SSSR count). The van der Waals surface area contributed by atoms with E-state index in [4.69, 9.17) is 11.6 Å². The lowest BCUT2D eigenvalue weighted by molar-refractivity contribution is 0.224. The molecule has 2 heterocycles. The molecule has 1 aromatic carbocycles. The average molecular weight is 414 g/mol. The Bertz CT molecular complexity index is 936.